The van der Waals surface area contributed by atoms with Crippen LogP contribution in [0, 0.1) is 0 Å². The molecule has 0 fully saturated rings. The second-order valence-electron chi connectivity index (χ2n) is 4.94. The van der Waals surface area contributed by atoms with Crippen LogP contribution < -0.4 is 0 Å². The van der Waals surface area contributed by atoms with Gasteiger partial charge in [0, 0.05) is 25.9 Å². The second-order valence-corrected chi connectivity index (χ2v) is 4.94. The molecule has 0 N–H and O–H groups in total. The van der Waals surface area contributed by atoms with Gasteiger partial charge in [-0.2, -0.15) is 0 Å². The first-order valence-electron chi connectivity index (χ1n) is 7.23. The monoisotopic (exact) mass is 380 g/mol. The standard InChI is InChI=1S/C17H20N2O3.BrH/c1-3-22-17(21)16-8-6-15(7-9-16)5-4-10-18-11-12-19(13-18)14(2)20;/h4-9,11-12H,3,10,13H2,1-2H3;1H/b5-4+;. The van der Waals surface area contributed by atoms with Gasteiger partial charge < -0.3 is 9.64 Å². The Morgan fingerprint density at radius 3 is 2.48 bits per heavy atom. The van der Waals surface area contributed by atoms with Gasteiger partial charge in [-0.05, 0) is 24.6 Å². The van der Waals surface area contributed by atoms with Gasteiger partial charge in [0.25, 0.3) is 0 Å². The topological polar surface area (TPSA) is 49.9 Å². The maximum absolute atomic E-state index is 11.5. The number of benzene rings is 1. The summed E-state index contributed by atoms with van der Waals surface area (Å²) in [7, 11) is 0. The summed E-state index contributed by atoms with van der Waals surface area (Å²) in [4.78, 5) is 26.4. The van der Waals surface area contributed by atoms with E-state index in [0.29, 0.717) is 18.8 Å². The smallest absolute Gasteiger partial charge is 0.338 e. The van der Waals surface area contributed by atoms with Crippen LogP contribution in [0.25, 0.3) is 6.08 Å². The van der Waals surface area contributed by atoms with Crippen LogP contribution >= 0.6 is 17.0 Å². The predicted octanol–water partition coefficient (Wildman–Crippen LogP) is 3.05. The van der Waals surface area contributed by atoms with Crippen molar-refractivity contribution in [2.24, 2.45) is 0 Å². The van der Waals surface area contributed by atoms with Gasteiger partial charge in [0.05, 0.1) is 18.8 Å². The zero-order chi connectivity index (χ0) is 15.9. The number of carbonyl (C=O) groups is 2. The molecule has 0 radical (unpaired) electrons. The zero-order valence-electron chi connectivity index (χ0n) is 13.3. The molecular formula is C17H21BrN2O3. The highest BCUT2D eigenvalue weighted by Gasteiger charge is 2.13. The van der Waals surface area contributed by atoms with Crippen molar-refractivity contribution in [2.45, 2.75) is 13.8 Å². The summed E-state index contributed by atoms with van der Waals surface area (Å²) in [5.41, 5.74) is 1.57. The van der Waals surface area contributed by atoms with E-state index in [1.165, 1.54) is 0 Å². The number of rotatable bonds is 5. The molecule has 0 spiro atoms. The third-order valence-electron chi connectivity index (χ3n) is 3.27. The van der Waals surface area contributed by atoms with Gasteiger partial charge >= 0.3 is 5.97 Å². The van der Waals surface area contributed by atoms with Crippen LogP contribution in [0.4, 0.5) is 0 Å². The molecule has 5 nitrogen and oxygen atoms in total. The van der Waals surface area contributed by atoms with E-state index >= 15 is 0 Å². The zero-order valence-corrected chi connectivity index (χ0v) is 15.0. The molecule has 0 aromatic heterocycles. The van der Waals surface area contributed by atoms with E-state index in [2.05, 4.69) is 0 Å². The summed E-state index contributed by atoms with van der Waals surface area (Å²) in [6, 6.07) is 7.27. The van der Waals surface area contributed by atoms with E-state index in [-0.39, 0.29) is 28.9 Å². The molecule has 1 aromatic rings. The maximum atomic E-state index is 11.5. The van der Waals surface area contributed by atoms with Gasteiger partial charge in [-0.3, -0.25) is 9.69 Å². The maximum Gasteiger partial charge on any atom is 0.338 e. The largest absolute Gasteiger partial charge is 0.462 e. The Bertz CT molecular complexity index is 596. The van der Waals surface area contributed by atoms with Crippen LogP contribution in [0.5, 0.6) is 0 Å². The first-order chi connectivity index (χ1) is 10.6. The van der Waals surface area contributed by atoms with Crippen LogP contribution in [-0.4, -0.2) is 41.5 Å². The lowest BCUT2D eigenvalue weighted by molar-refractivity contribution is -0.126. The number of amides is 1. The van der Waals surface area contributed by atoms with Crippen molar-refractivity contribution in [2.75, 3.05) is 19.8 Å². The molecular weight excluding hydrogens is 360 g/mol. The molecule has 0 saturated carbocycles. The molecule has 1 aromatic carbocycles. The second kappa shape index (κ2) is 9.15. The summed E-state index contributed by atoms with van der Waals surface area (Å²) in [5, 5.41) is 0. The van der Waals surface area contributed by atoms with E-state index in [9.17, 15) is 9.59 Å². The van der Waals surface area contributed by atoms with Crippen molar-refractivity contribution in [3.05, 3.63) is 53.9 Å². The number of halogens is 1. The quantitative estimate of drug-likeness (QED) is 0.736. The summed E-state index contributed by atoms with van der Waals surface area (Å²) in [6.07, 6.45) is 7.69. The number of ether oxygens (including phenoxy) is 1. The molecule has 2 rings (SSSR count). The van der Waals surface area contributed by atoms with Gasteiger partial charge in [-0.1, -0.05) is 24.3 Å². The van der Waals surface area contributed by atoms with E-state index in [1.54, 1.807) is 37.1 Å². The van der Waals surface area contributed by atoms with Crippen LogP contribution in [0.15, 0.2) is 42.7 Å². The minimum absolute atomic E-state index is 0. The summed E-state index contributed by atoms with van der Waals surface area (Å²) in [5.74, 6) is -0.262. The number of carbonyl (C=O) groups excluding carboxylic acids is 2. The molecule has 0 bridgehead atoms. The third-order valence-corrected chi connectivity index (χ3v) is 3.27. The van der Waals surface area contributed by atoms with Crippen molar-refractivity contribution >= 4 is 34.9 Å². The predicted molar refractivity (Wildman–Crippen MR) is 95.0 cm³/mol. The molecule has 1 aliphatic heterocycles. The van der Waals surface area contributed by atoms with Crippen molar-refractivity contribution < 1.29 is 14.3 Å². The Kier molecular flexibility index (Phi) is 7.54. The highest BCUT2D eigenvalue weighted by molar-refractivity contribution is 8.93. The van der Waals surface area contributed by atoms with E-state index in [1.807, 2.05) is 35.4 Å². The average Bonchev–Trinajstić information content (AvgIpc) is 2.97. The SMILES string of the molecule is Br.CCOC(=O)c1ccc(/C=C/CN2C=CN(C(C)=O)C2)cc1. The third kappa shape index (κ3) is 5.56. The molecule has 0 aliphatic carbocycles. The Hall–Kier alpha value is -2.08. The Balaban J connectivity index is 0.00000264. The number of esters is 1. The van der Waals surface area contributed by atoms with Crippen molar-refractivity contribution in [1.29, 1.82) is 0 Å². The number of hydrogen-bond donors (Lipinski definition) is 0. The van der Waals surface area contributed by atoms with E-state index in [0.717, 1.165) is 12.1 Å². The molecule has 0 unspecified atom stereocenters. The highest BCUT2D eigenvalue weighted by atomic mass is 79.9. The van der Waals surface area contributed by atoms with Gasteiger partial charge in [0.15, 0.2) is 0 Å². The summed E-state index contributed by atoms with van der Waals surface area (Å²) in [6.45, 7) is 5.02. The van der Waals surface area contributed by atoms with Gasteiger partial charge in [0.2, 0.25) is 5.91 Å². The Labute approximate surface area is 147 Å². The van der Waals surface area contributed by atoms with Crippen LogP contribution in [-0.2, 0) is 9.53 Å². The summed E-state index contributed by atoms with van der Waals surface area (Å²) < 4.78 is 4.94. The molecule has 6 heteroatoms. The van der Waals surface area contributed by atoms with Crippen LogP contribution in [0.3, 0.4) is 0 Å². The van der Waals surface area contributed by atoms with Crippen LogP contribution in [0.1, 0.15) is 29.8 Å². The first-order valence-corrected chi connectivity index (χ1v) is 7.23. The fraction of sp³-hybridized carbons (Fsp3) is 0.294. The number of hydrogen-bond acceptors (Lipinski definition) is 4. The normalized spacial score (nSPS) is 13.3. The molecule has 0 atom stereocenters. The fourth-order valence-corrected chi connectivity index (χ4v) is 2.06. The van der Waals surface area contributed by atoms with Gasteiger partial charge in [0.1, 0.15) is 0 Å². The minimum Gasteiger partial charge on any atom is -0.462 e. The Morgan fingerprint density at radius 1 is 1.22 bits per heavy atom. The molecule has 1 aliphatic rings. The van der Waals surface area contributed by atoms with Crippen LogP contribution in [0.2, 0.25) is 0 Å². The van der Waals surface area contributed by atoms with Crippen molar-refractivity contribution in [1.82, 2.24) is 9.80 Å². The molecule has 1 amide bonds. The number of nitrogens with zero attached hydrogens (tertiary/aromatic N) is 2. The fourth-order valence-electron chi connectivity index (χ4n) is 2.06. The van der Waals surface area contributed by atoms with Gasteiger partial charge in [-0.15, -0.1) is 17.0 Å². The first kappa shape index (κ1) is 19.0. The lowest BCUT2D eigenvalue weighted by Crippen LogP contribution is -2.28. The van der Waals surface area contributed by atoms with Crippen molar-refractivity contribution in [3.63, 3.8) is 0 Å². The molecule has 124 valence electrons. The minimum atomic E-state index is -0.301. The highest BCUT2D eigenvalue weighted by Crippen LogP contribution is 2.10. The lowest BCUT2D eigenvalue weighted by atomic mass is 10.1. The van der Waals surface area contributed by atoms with Gasteiger partial charge in [-0.25, -0.2) is 4.79 Å². The Morgan fingerprint density at radius 2 is 1.91 bits per heavy atom. The molecule has 0 saturated heterocycles. The lowest BCUT2D eigenvalue weighted by Gasteiger charge is -2.17. The average molecular weight is 381 g/mol. The van der Waals surface area contributed by atoms with E-state index < -0.39 is 0 Å². The summed E-state index contributed by atoms with van der Waals surface area (Å²) >= 11 is 0. The molecule has 23 heavy (non-hydrogen) atoms. The van der Waals surface area contributed by atoms with E-state index in [4.69, 9.17) is 4.74 Å². The molecule has 1 heterocycles. The van der Waals surface area contributed by atoms with Crippen molar-refractivity contribution in [3.8, 4) is 0 Å².